The zero-order chi connectivity index (χ0) is 20.5. The van der Waals surface area contributed by atoms with Crippen molar-refractivity contribution in [3.63, 3.8) is 0 Å². The third-order valence-electron chi connectivity index (χ3n) is 4.71. The second-order valence-corrected chi connectivity index (χ2v) is 7.81. The van der Waals surface area contributed by atoms with E-state index < -0.39 is 0 Å². The number of aryl methyl sites for hydroxylation is 1. The Kier molecular flexibility index (Phi) is 4.65. The lowest BCUT2D eigenvalue weighted by atomic mass is 10.1. The minimum Gasteiger partial charge on any atom is -0.462 e. The highest BCUT2D eigenvalue weighted by Crippen LogP contribution is 2.29. The number of carbonyl (C=O) groups is 1. The number of imidazole rings is 1. The van der Waals surface area contributed by atoms with Gasteiger partial charge in [0, 0.05) is 17.1 Å². The van der Waals surface area contributed by atoms with E-state index in [4.69, 9.17) is 9.40 Å². The fraction of sp³-hybridized carbons (Fsp3) is 0.0870. The van der Waals surface area contributed by atoms with E-state index in [2.05, 4.69) is 10.3 Å². The minimum absolute atomic E-state index is 0.147. The summed E-state index contributed by atoms with van der Waals surface area (Å²) in [6.07, 6.45) is 3.71. The number of pyridine rings is 1. The zero-order valence-electron chi connectivity index (χ0n) is 16.2. The van der Waals surface area contributed by atoms with Crippen LogP contribution in [0.5, 0.6) is 0 Å². The highest BCUT2D eigenvalue weighted by molar-refractivity contribution is 7.13. The van der Waals surface area contributed by atoms with Crippen molar-refractivity contribution in [3.8, 4) is 22.0 Å². The van der Waals surface area contributed by atoms with Crippen molar-refractivity contribution in [2.75, 3.05) is 5.32 Å². The van der Waals surface area contributed by atoms with Crippen LogP contribution in [0.25, 0.3) is 27.7 Å². The summed E-state index contributed by atoms with van der Waals surface area (Å²) >= 11 is 1.46. The number of aromatic nitrogens is 3. The summed E-state index contributed by atoms with van der Waals surface area (Å²) in [6, 6.07) is 17.5. The van der Waals surface area contributed by atoms with Crippen LogP contribution in [0.1, 0.15) is 11.3 Å². The molecule has 5 rings (SSSR count). The quantitative estimate of drug-likeness (QED) is 0.429. The van der Waals surface area contributed by atoms with E-state index in [1.165, 1.54) is 11.3 Å². The number of anilines is 1. The zero-order valence-corrected chi connectivity index (χ0v) is 17.0. The molecule has 7 heteroatoms. The van der Waals surface area contributed by atoms with Gasteiger partial charge in [-0.1, -0.05) is 30.3 Å². The number of furan rings is 1. The number of carbonyl (C=O) groups excluding carboxylic acids is 1. The average molecular weight is 414 g/mol. The van der Waals surface area contributed by atoms with Crippen LogP contribution in [-0.2, 0) is 11.2 Å². The van der Waals surface area contributed by atoms with E-state index in [1.54, 1.807) is 6.26 Å². The van der Waals surface area contributed by atoms with E-state index in [0.29, 0.717) is 17.3 Å². The third kappa shape index (κ3) is 3.51. The van der Waals surface area contributed by atoms with E-state index in [9.17, 15) is 4.79 Å². The number of amides is 1. The molecule has 148 valence electrons. The molecule has 0 atom stereocenters. The monoisotopic (exact) mass is 414 g/mol. The molecule has 1 N–H and O–H groups in total. The fourth-order valence-electron chi connectivity index (χ4n) is 3.31. The van der Waals surface area contributed by atoms with E-state index >= 15 is 0 Å². The average Bonchev–Trinajstić information content (AvgIpc) is 3.49. The Balaban J connectivity index is 1.45. The van der Waals surface area contributed by atoms with Crippen LogP contribution in [0, 0.1) is 6.92 Å². The summed E-state index contributed by atoms with van der Waals surface area (Å²) in [7, 11) is 0. The molecule has 0 radical (unpaired) electrons. The number of rotatable bonds is 5. The second-order valence-electron chi connectivity index (χ2n) is 6.95. The largest absolute Gasteiger partial charge is 0.462 e. The second kappa shape index (κ2) is 7.61. The first-order chi connectivity index (χ1) is 14.7. The lowest BCUT2D eigenvalue weighted by molar-refractivity contribution is -0.115. The maximum Gasteiger partial charge on any atom is 0.231 e. The molecule has 4 heterocycles. The standard InChI is InChI=1S/C23H18N4O2S/c1-15-9-10-27-19(12-15)25-21(16-6-3-2-4-7-16)22(27)26-20(28)13-17-14-30-23(24-17)18-8-5-11-29-18/h2-12,14H,13H2,1H3,(H,26,28). The van der Waals surface area contributed by atoms with E-state index in [-0.39, 0.29) is 12.3 Å². The topological polar surface area (TPSA) is 72.4 Å². The number of nitrogens with zero attached hydrogens (tertiary/aromatic N) is 3. The van der Waals surface area contributed by atoms with Crippen LogP contribution in [0.3, 0.4) is 0 Å². The van der Waals surface area contributed by atoms with Crippen LogP contribution >= 0.6 is 11.3 Å². The van der Waals surface area contributed by atoms with Gasteiger partial charge in [-0.2, -0.15) is 0 Å². The minimum atomic E-state index is -0.147. The Morgan fingerprint density at radius 1 is 1.13 bits per heavy atom. The fourth-order valence-corrected chi connectivity index (χ4v) is 4.09. The molecule has 30 heavy (non-hydrogen) atoms. The van der Waals surface area contributed by atoms with Gasteiger partial charge in [-0.25, -0.2) is 9.97 Å². The summed E-state index contributed by atoms with van der Waals surface area (Å²) in [5.74, 6) is 1.21. The van der Waals surface area contributed by atoms with Crippen LogP contribution in [0.4, 0.5) is 5.82 Å². The molecule has 6 nitrogen and oxygen atoms in total. The molecule has 0 bridgehead atoms. The van der Waals surface area contributed by atoms with Gasteiger partial charge in [0.2, 0.25) is 5.91 Å². The summed E-state index contributed by atoms with van der Waals surface area (Å²) in [4.78, 5) is 22.1. The Bertz CT molecular complexity index is 1320. The molecule has 0 saturated heterocycles. The number of thiazole rings is 1. The molecule has 0 aliphatic carbocycles. The molecule has 5 aromatic rings. The first-order valence-electron chi connectivity index (χ1n) is 9.49. The molecule has 0 unspecified atom stereocenters. The van der Waals surface area contributed by atoms with Crippen molar-refractivity contribution in [1.82, 2.24) is 14.4 Å². The SMILES string of the molecule is Cc1ccn2c(NC(=O)Cc3csc(-c4ccco4)n3)c(-c3ccccc3)nc2c1. The lowest BCUT2D eigenvalue weighted by Crippen LogP contribution is -2.16. The molecule has 1 amide bonds. The summed E-state index contributed by atoms with van der Waals surface area (Å²) < 4.78 is 7.29. The Labute approximate surface area is 176 Å². The first-order valence-corrected chi connectivity index (χ1v) is 10.4. The van der Waals surface area contributed by atoms with Crippen LogP contribution in [0.15, 0.2) is 76.9 Å². The van der Waals surface area contributed by atoms with Gasteiger partial charge in [0.15, 0.2) is 10.8 Å². The number of nitrogens with one attached hydrogen (secondary N) is 1. The van der Waals surface area contributed by atoms with Gasteiger partial charge in [-0.05, 0) is 36.8 Å². The first kappa shape index (κ1) is 18.3. The van der Waals surface area contributed by atoms with Crippen molar-refractivity contribution >= 4 is 28.7 Å². The summed E-state index contributed by atoms with van der Waals surface area (Å²) in [5.41, 5.74) is 4.29. The van der Waals surface area contributed by atoms with Gasteiger partial charge in [0.25, 0.3) is 0 Å². The summed E-state index contributed by atoms with van der Waals surface area (Å²) in [6.45, 7) is 2.02. The Hall–Kier alpha value is -3.71. The van der Waals surface area contributed by atoms with Gasteiger partial charge in [-0.15, -0.1) is 11.3 Å². The molecule has 0 fully saturated rings. The van der Waals surface area contributed by atoms with Crippen molar-refractivity contribution in [2.24, 2.45) is 0 Å². The van der Waals surface area contributed by atoms with Crippen molar-refractivity contribution < 1.29 is 9.21 Å². The molecule has 0 spiro atoms. The highest BCUT2D eigenvalue weighted by Gasteiger charge is 2.18. The van der Waals surface area contributed by atoms with E-state index in [0.717, 1.165) is 27.5 Å². The van der Waals surface area contributed by atoms with Crippen molar-refractivity contribution in [2.45, 2.75) is 13.3 Å². The number of hydrogen-bond acceptors (Lipinski definition) is 5. The maximum atomic E-state index is 12.9. The molecule has 0 saturated carbocycles. The molecule has 0 aliphatic rings. The lowest BCUT2D eigenvalue weighted by Gasteiger charge is -2.07. The molecule has 1 aromatic carbocycles. The number of hydrogen-bond donors (Lipinski definition) is 1. The smallest absolute Gasteiger partial charge is 0.231 e. The van der Waals surface area contributed by atoms with Crippen molar-refractivity contribution in [1.29, 1.82) is 0 Å². The number of fused-ring (bicyclic) bond motifs is 1. The van der Waals surface area contributed by atoms with Crippen molar-refractivity contribution in [3.05, 3.63) is 83.7 Å². The van der Waals surface area contributed by atoms with Gasteiger partial charge in [0.05, 0.1) is 18.4 Å². The Morgan fingerprint density at radius 3 is 2.80 bits per heavy atom. The van der Waals surface area contributed by atoms with Crippen LogP contribution < -0.4 is 5.32 Å². The Morgan fingerprint density at radius 2 is 2.00 bits per heavy atom. The highest BCUT2D eigenvalue weighted by atomic mass is 32.1. The molecule has 0 aliphatic heterocycles. The van der Waals surface area contributed by atoms with Gasteiger partial charge < -0.3 is 9.73 Å². The van der Waals surface area contributed by atoms with Gasteiger partial charge in [-0.3, -0.25) is 9.20 Å². The molecular weight excluding hydrogens is 396 g/mol. The predicted octanol–water partition coefficient (Wildman–Crippen LogP) is 5.21. The summed E-state index contributed by atoms with van der Waals surface area (Å²) in [5, 5.41) is 5.69. The van der Waals surface area contributed by atoms with Crippen LogP contribution in [0.2, 0.25) is 0 Å². The van der Waals surface area contributed by atoms with Gasteiger partial charge in [0.1, 0.15) is 17.2 Å². The van der Waals surface area contributed by atoms with Crippen LogP contribution in [-0.4, -0.2) is 20.3 Å². The maximum absolute atomic E-state index is 12.9. The molecular formula is C23H18N4O2S. The van der Waals surface area contributed by atoms with E-state index in [1.807, 2.05) is 77.5 Å². The predicted molar refractivity (Wildman–Crippen MR) is 118 cm³/mol. The van der Waals surface area contributed by atoms with Gasteiger partial charge >= 0.3 is 0 Å². The third-order valence-corrected chi connectivity index (χ3v) is 5.62. The normalized spacial score (nSPS) is 11.1. The molecule has 4 aromatic heterocycles. The number of benzene rings is 1.